The van der Waals surface area contributed by atoms with Crippen molar-refractivity contribution in [3.05, 3.63) is 10.5 Å². The number of thioether (sulfide) groups is 1. The van der Waals surface area contributed by atoms with Crippen LogP contribution in [0.3, 0.4) is 0 Å². The number of nitrogens with zero attached hydrogens (tertiary/aromatic N) is 2. The summed E-state index contributed by atoms with van der Waals surface area (Å²) in [5.41, 5.74) is 0.0417. The molecule has 0 aliphatic heterocycles. The summed E-state index contributed by atoms with van der Waals surface area (Å²) in [7, 11) is 0. The maximum Gasteiger partial charge on any atom is 0.343 e. The lowest BCUT2D eigenvalue weighted by molar-refractivity contribution is 0.395. The minimum atomic E-state index is -0.107. The predicted octanol–water partition coefficient (Wildman–Crippen LogP) is 2.10. The molecule has 1 aromatic heterocycles. The summed E-state index contributed by atoms with van der Waals surface area (Å²) >= 11 is 1.65. The van der Waals surface area contributed by atoms with Gasteiger partial charge in [0.1, 0.15) is 0 Å². The van der Waals surface area contributed by atoms with Gasteiger partial charge >= 0.3 is 5.69 Å². The molecule has 1 rings (SSSR count). The van der Waals surface area contributed by atoms with Crippen molar-refractivity contribution < 1.29 is 0 Å². The molecule has 0 saturated carbocycles. The van der Waals surface area contributed by atoms with Crippen LogP contribution in [0.25, 0.3) is 0 Å². The molecule has 0 bridgehead atoms. The fraction of sp³-hybridized carbons (Fsp3) is 0.846. The highest BCUT2D eigenvalue weighted by molar-refractivity contribution is 7.99. The first-order chi connectivity index (χ1) is 8.83. The third-order valence-corrected chi connectivity index (χ3v) is 3.95. The highest BCUT2D eigenvalue weighted by atomic mass is 32.2. The fourth-order valence-corrected chi connectivity index (χ4v) is 2.58. The second-order valence-electron chi connectivity index (χ2n) is 6.01. The molecule has 1 heterocycles. The van der Waals surface area contributed by atoms with Crippen LogP contribution in [-0.2, 0) is 6.54 Å². The highest BCUT2D eigenvalue weighted by Gasteiger charge is 2.13. The van der Waals surface area contributed by atoms with Crippen molar-refractivity contribution in [2.75, 3.05) is 12.3 Å². The van der Waals surface area contributed by atoms with Gasteiger partial charge in [0.05, 0.1) is 0 Å². The van der Waals surface area contributed by atoms with Crippen LogP contribution in [0.5, 0.6) is 0 Å². The van der Waals surface area contributed by atoms with Gasteiger partial charge in [-0.25, -0.2) is 9.89 Å². The molecule has 5 nitrogen and oxygen atoms in total. The maximum absolute atomic E-state index is 11.6. The monoisotopic (exact) mass is 286 g/mol. The zero-order valence-electron chi connectivity index (χ0n) is 12.6. The van der Waals surface area contributed by atoms with E-state index in [-0.39, 0.29) is 11.2 Å². The Hall–Kier alpha value is -0.750. The zero-order chi connectivity index (χ0) is 14.5. The predicted molar refractivity (Wildman–Crippen MR) is 80.8 cm³/mol. The van der Waals surface area contributed by atoms with E-state index in [1.165, 1.54) is 0 Å². The highest BCUT2D eigenvalue weighted by Crippen LogP contribution is 2.17. The van der Waals surface area contributed by atoms with Crippen LogP contribution in [0.1, 0.15) is 41.0 Å². The maximum atomic E-state index is 11.6. The molecule has 19 heavy (non-hydrogen) atoms. The van der Waals surface area contributed by atoms with Crippen molar-refractivity contribution >= 4 is 11.8 Å². The first kappa shape index (κ1) is 16.3. The average molecular weight is 286 g/mol. The number of H-pyrrole nitrogens is 1. The quantitative estimate of drug-likeness (QED) is 0.754. The van der Waals surface area contributed by atoms with Crippen molar-refractivity contribution in [3.63, 3.8) is 0 Å². The molecular weight excluding hydrogens is 260 g/mol. The largest absolute Gasteiger partial charge is 0.343 e. The molecule has 0 aromatic carbocycles. The molecular formula is C13H26N4OS. The van der Waals surface area contributed by atoms with E-state index < -0.39 is 0 Å². The summed E-state index contributed by atoms with van der Waals surface area (Å²) in [5.74, 6) is 1.49. The van der Waals surface area contributed by atoms with E-state index in [9.17, 15) is 4.79 Å². The summed E-state index contributed by atoms with van der Waals surface area (Å²) in [6.07, 6.45) is 0.939. The molecule has 110 valence electrons. The van der Waals surface area contributed by atoms with E-state index in [4.69, 9.17) is 0 Å². The van der Waals surface area contributed by atoms with Gasteiger partial charge in [0.15, 0.2) is 5.16 Å². The first-order valence-corrected chi connectivity index (χ1v) is 7.85. The Bertz CT molecular complexity index is 433. The van der Waals surface area contributed by atoms with E-state index in [1.54, 1.807) is 16.3 Å². The third kappa shape index (κ3) is 5.82. The van der Waals surface area contributed by atoms with Gasteiger partial charge < -0.3 is 5.32 Å². The first-order valence-electron chi connectivity index (χ1n) is 6.86. The molecule has 0 amide bonds. The Kier molecular flexibility index (Phi) is 6.13. The van der Waals surface area contributed by atoms with Crippen LogP contribution in [0.4, 0.5) is 0 Å². The van der Waals surface area contributed by atoms with Gasteiger partial charge in [-0.1, -0.05) is 25.6 Å². The number of rotatable bonds is 7. The van der Waals surface area contributed by atoms with E-state index in [1.807, 2.05) is 0 Å². The van der Waals surface area contributed by atoms with Crippen molar-refractivity contribution in [3.8, 4) is 0 Å². The number of hydrogen-bond acceptors (Lipinski definition) is 4. The Morgan fingerprint density at radius 3 is 2.74 bits per heavy atom. The second kappa shape index (κ2) is 7.14. The van der Waals surface area contributed by atoms with Gasteiger partial charge in [-0.05, 0) is 39.7 Å². The Morgan fingerprint density at radius 2 is 2.16 bits per heavy atom. The molecule has 1 unspecified atom stereocenters. The normalized spacial score (nSPS) is 13.7. The molecule has 0 aliphatic rings. The van der Waals surface area contributed by atoms with Crippen LogP contribution in [-0.4, -0.2) is 32.6 Å². The Morgan fingerprint density at radius 1 is 1.47 bits per heavy atom. The van der Waals surface area contributed by atoms with Crippen molar-refractivity contribution in [1.29, 1.82) is 0 Å². The van der Waals surface area contributed by atoms with E-state index in [0.717, 1.165) is 30.4 Å². The molecule has 0 aliphatic carbocycles. The standard InChI is InChI=1S/C13H26N4OS/c1-6-7-17-11(18)15-16-12(17)19-9-10(2)8-14-13(3,4)5/h10,14H,6-9H2,1-5H3,(H,15,18). The van der Waals surface area contributed by atoms with E-state index in [2.05, 4.69) is 50.1 Å². The SMILES string of the molecule is CCCn1c(SCC(C)CNC(C)(C)C)n[nH]c1=O. The minimum Gasteiger partial charge on any atom is -0.312 e. The second-order valence-corrected chi connectivity index (χ2v) is 7.00. The third-order valence-electron chi connectivity index (χ3n) is 2.65. The van der Waals surface area contributed by atoms with Crippen LogP contribution in [0, 0.1) is 5.92 Å². The lowest BCUT2D eigenvalue weighted by Gasteiger charge is -2.23. The molecule has 2 N–H and O–H groups in total. The fourth-order valence-electron chi connectivity index (χ4n) is 1.59. The van der Waals surface area contributed by atoms with Gasteiger partial charge in [-0.2, -0.15) is 0 Å². The van der Waals surface area contributed by atoms with Crippen molar-refractivity contribution in [2.24, 2.45) is 5.92 Å². The van der Waals surface area contributed by atoms with Crippen LogP contribution in [0.2, 0.25) is 0 Å². The van der Waals surface area contributed by atoms with Gasteiger partial charge in [0.2, 0.25) is 0 Å². The molecule has 0 saturated heterocycles. The molecule has 0 spiro atoms. The minimum absolute atomic E-state index is 0.107. The van der Waals surface area contributed by atoms with Gasteiger partial charge in [0, 0.05) is 17.8 Å². The van der Waals surface area contributed by atoms with Crippen molar-refractivity contribution in [2.45, 2.75) is 58.3 Å². The summed E-state index contributed by atoms with van der Waals surface area (Å²) in [6.45, 7) is 12.5. The lowest BCUT2D eigenvalue weighted by Crippen LogP contribution is -2.39. The lowest BCUT2D eigenvalue weighted by atomic mass is 10.1. The number of aromatic amines is 1. The molecule has 0 radical (unpaired) electrons. The molecule has 0 fully saturated rings. The number of nitrogens with one attached hydrogen (secondary N) is 2. The topological polar surface area (TPSA) is 62.7 Å². The van der Waals surface area contributed by atoms with E-state index in [0.29, 0.717) is 5.92 Å². The number of aromatic nitrogens is 3. The van der Waals surface area contributed by atoms with Gasteiger partial charge in [0.25, 0.3) is 0 Å². The van der Waals surface area contributed by atoms with Gasteiger partial charge in [-0.3, -0.25) is 4.57 Å². The van der Waals surface area contributed by atoms with E-state index >= 15 is 0 Å². The summed E-state index contributed by atoms with van der Waals surface area (Å²) < 4.78 is 1.72. The average Bonchev–Trinajstić information content (AvgIpc) is 2.65. The summed E-state index contributed by atoms with van der Waals surface area (Å²) in [5, 5.41) is 10.9. The van der Waals surface area contributed by atoms with Crippen LogP contribution >= 0.6 is 11.8 Å². The molecule has 1 atom stereocenters. The number of hydrogen-bond donors (Lipinski definition) is 2. The van der Waals surface area contributed by atoms with Crippen molar-refractivity contribution in [1.82, 2.24) is 20.1 Å². The smallest absolute Gasteiger partial charge is 0.312 e. The Balaban J connectivity index is 2.46. The van der Waals surface area contributed by atoms with Gasteiger partial charge in [-0.15, -0.1) is 5.10 Å². The summed E-state index contributed by atoms with van der Waals surface area (Å²) in [6, 6.07) is 0. The molecule has 1 aromatic rings. The Labute approximate surface area is 119 Å². The van der Waals surface area contributed by atoms with Crippen LogP contribution < -0.4 is 11.0 Å². The van der Waals surface area contributed by atoms with Crippen LogP contribution in [0.15, 0.2) is 9.95 Å². The summed E-state index contributed by atoms with van der Waals surface area (Å²) in [4.78, 5) is 11.6. The molecule has 6 heteroatoms. The zero-order valence-corrected chi connectivity index (χ0v) is 13.4.